The molecule has 0 unspecified atom stereocenters. The van der Waals surface area contributed by atoms with E-state index in [1.54, 1.807) is 4.68 Å². The van der Waals surface area contributed by atoms with E-state index in [9.17, 15) is 9.59 Å². The minimum atomic E-state index is -0.650. The molecule has 0 saturated heterocycles. The summed E-state index contributed by atoms with van der Waals surface area (Å²) < 4.78 is 1.70. The van der Waals surface area contributed by atoms with Crippen LogP contribution in [0.2, 0.25) is 0 Å². The van der Waals surface area contributed by atoms with Gasteiger partial charge >= 0.3 is 0 Å². The average Bonchev–Trinajstić information content (AvgIpc) is 2.95. The van der Waals surface area contributed by atoms with Crippen molar-refractivity contribution in [3.05, 3.63) is 46.8 Å². The number of hydrogen-bond acceptors (Lipinski definition) is 4. The molecule has 2 aromatic rings. The molecule has 6 nitrogen and oxygen atoms in total. The Kier molecular flexibility index (Phi) is 4.49. The molecule has 6 heteroatoms. The van der Waals surface area contributed by atoms with Crippen molar-refractivity contribution in [3.8, 4) is 5.69 Å². The molecular formula is C18H22N4O2. The maximum Gasteiger partial charge on any atom is 0.269 e. The third kappa shape index (κ3) is 3.10. The number of likely N-dealkylation sites (N-methyl/N-ethyl adjacent to an activating group) is 1. The van der Waals surface area contributed by atoms with E-state index in [2.05, 4.69) is 22.1 Å². The van der Waals surface area contributed by atoms with Crippen molar-refractivity contribution in [2.75, 3.05) is 20.6 Å². The second kappa shape index (κ2) is 6.57. The Bertz CT molecular complexity index is 775. The van der Waals surface area contributed by atoms with Gasteiger partial charge in [-0.25, -0.2) is 4.68 Å². The number of ketones is 1. The lowest BCUT2D eigenvalue weighted by Gasteiger charge is -2.14. The molecule has 0 saturated carbocycles. The molecule has 2 N–H and O–H groups in total. The molecule has 1 amide bonds. The topological polar surface area (TPSA) is 81.2 Å². The SMILES string of the molecule is CN(C)CCc1ccc(-n2nc(C(N)=O)c3c2CCCC3=O)cc1. The van der Waals surface area contributed by atoms with E-state index in [4.69, 9.17) is 5.73 Å². The number of carbonyl (C=O) groups excluding carboxylic acids is 2. The molecule has 0 aliphatic heterocycles. The Balaban J connectivity index is 1.96. The van der Waals surface area contributed by atoms with Crippen LogP contribution in [0.5, 0.6) is 0 Å². The summed E-state index contributed by atoms with van der Waals surface area (Å²) >= 11 is 0. The Labute approximate surface area is 141 Å². The van der Waals surface area contributed by atoms with E-state index in [1.807, 2.05) is 26.2 Å². The van der Waals surface area contributed by atoms with Gasteiger partial charge in [0.2, 0.25) is 0 Å². The third-order valence-corrected chi connectivity index (χ3v) is 4.34. The van der Waals surface area contributed by atoms with E-state index < -0.39 is 5.91 Å². The van der Waals surface area contributed by atoms with Crippen LogP contribution in [0.4, 0.5) is 0 Å². The number of Topliss-reactive ketones (excluding diaryl/α,β-unsaturated/α-hetero) is 1. The molecule has 24 heavy (non-hydrogen) atoms. The molecule has 0 fully saturated rings. The molecule has 0 spiro atoms. The second-order valence-electron chi connectivity index (χ2n) is 6.44. The highest BCUT2D eigenvalue weighted by molar-refractivity contribution is 6.08. The van der Waals surface area contributed by atoms with Crippen LogP contribution in [0.25, 0.3) is 5.69 Å². The highest BCUT2D eigenvalue weighted by atomic mass is 16.1. The Morgan fingerprint density at radius 3 is 2.58 bits per heavy atom. The molecule has 126 valence electrons. The lowest BCUT2D eigenvalue weighted by molar-refractivity contribution is 0.0948. The predicted octanol–water partition coefficient (Wildman–Crippen LogP) is 1.59. The van der Waals surface area contributed by atoms with E-state index in [0.29, 0.717) is 12.0 Å². The summed E-state index contributed by atoms with van der Waals surface area (Å²) in [4.78, 5) is 26.0. The van der Waals surface area contributed by atoms with Crippen LogP contribution in [0.15, 0.2) is 24.3 Å². The number of carbonyl (C=O) groups is 2. The first-order chi connectivity index (χ1) is 11.5. The number of primary amides is 1. The third-order valence-electron chi connectivity index (χ3n) is 4.34. The van der Waals surface area contributed by atoms with Crippen molar-refractivity contribution in [2.45, 2.75) is 25.7 Å². The van der Waals surface area contributed by atoms with Crippen LogP contribution < -0.4 is 5.73 Å². The van der Waals surface area contributed by atoms with E-state index in [-0.39, 0.29) is 11.5 Å². The maximum absolute atomic E-state index is 12.2. The highest BCUT2D eigenvalue weighted by Crippen LogP contribution is 2.27. The summed E-state index contributed by atoms with van der Waals surface area (Å²) in [7, 11) is 4.10. The zero-order chi connectivity index (χ0) is 17.3. The molecule has 1 aromatic heterocycles. The van der Waals surface area contributed by atoms with Crippen LogP contribution in [0, 0.1) is 0 Å². The molecule has 1 aliphatic rings. The largest absolute Gasteiger partial charge is 0.364 e. The number of benzene rings is 1. The lowest BCUT2D eigenvalue weighted by atomic mass is 9.94. The van der Waals surface area contributed by atoms with Crippen LogP contribution in [-0.2, 0) is 12.8 Å². The molecular weight excluding hydrogens is 304 g/mol. The molecule has 1 aliphatic carbocycles. The quantitative estimate of drug-likeness (QED) is 0.905. The minimum Gasteiger partial charge on any atom is -0.364 e. The fraction of sp³-hybridized carbons (Fsp3) is 0.389. The second-order valence-corrected chi connectivity index (χ2v) is 6.44. The zero-order valence-electron chi connectivity index (χ0n) is 14.1. The van der Waals surface area contributed by atoms with Gasteiger partial charge in [-0.2, -0.15) is 5.10 Å². The number of aromatic nitrogens is 2. The molecule has 0 radical (unpaired) electrons. The van der Waals surface area contributed by atoms with Crippen LogP contribution in [-0.4, -0.2) is 47.0 Å². The van der Waals surface area contributed by atoms with Crippen molar-refractivity contribution in [2.24, 2.45) is 5.73 Å². The minimum absolute atomic E-state index is 0.0427. The standard InChI is InChI=1S/C18H22N4O2/c1-21(2)11-10-12-6-8-13(9-7-12)22-14-4-3-5-15(23)16(14)17(20-22)18(19)24/h6-9H,3-5,10-11H2,1-2H3,(H2,19,24). The number of rotatable bonds is 5. The smallest absolute Gasteiger partial charge is 0.269 e. The number of fused-ring (bicyclic) bond motifs is 1. The van der Waals surface area contributed by atoms with Crippen LogP contribution in [0.1, 0.15) is 44.9 Å². The van der Waals surface area contributed by atoms with Gasteiger partial charge in [0.25, 0.3) is 5.91 Å². The van der Waals surface area contributed by atoms with Gasteiger partial charge in [-0.3, -0.25) is 9.59 Å². The summed E-state index contributed by atoms with van der Waals surface area (Å²) in [6.45, 7) is 0.983. The van der Waals surface area contributed by atoms with E-state index in [1.165, 1.54) is 5.56 Å². The first kappa shape index (κ1) is 16.4. The molecule has 1 heterocycles. The molecule has 1 aromatic carbocycles. The van der Waals surface area contributed by atoms with Gasteiger partial charge in [-0.05, 0) is 51.1 Å². The van der Waals surface area contributed by atoms with Gasteiger partial charge in [0, 0.05) is 13.0 Å². The predicted molar refractivity (Wildman–Crippen MR) is 91.6 cm³/mol. The van der Waals surface area contributed by atoms with Crippen molar-refractivity contribution in [1.29, 1.82) is 0 Å². The number of nitrogens with zero attached hydrogens (tertiary/aromatic N) is 3. The number of amides is 1. The van der Waals surface area contributed by atoms with Crippen molar-refractivity contribution in [1.82, 2.24) is 14.7 Å². The summed E-state index contributed by atoms with van der Waals surface area (Å²) in [5, 5.41) is 4.33. The first-order valence-corrected chi connectivity index (χ1v) is 8.16. The van der Waals surface area contributed by atoms with Crippen molar-refractivity contribution in [3.63, 3.8) is 0 Å². The molecule has 3 rings (SSSR count). The fourth-order valence-electron chi connectivity index (χ4n) is 3.06. The van der Waals surface area contributed by atoms with Crippen molar-refractivity contribution >= 4 is 11.7 Å². The Morgan fingerprint density at radius 1 is 1.25 bits per heavy atom. The summed E-state index contributed by atoms with van der Waals surface area (Å²) in [5.74, 6) is -0.693. The van der Waals surface area contributed by atoms with E-state index in [0.717, 1.165) is 37.2 Å². The Morgan fingerprint density at radius 2 is 1.96 bits per heavy atom. The monoisotopic (exact) mass is 326 g/mol. The molecule has 0 bridgehead atoms. The zero-order valence-corrected chi connectivity index (χ0v) is 14.1. The Hall–Kier alpha value is -2.47. The van der Waals surface area contributed by atoms with Gasteiger partial charge in [0.15, 0.2) is 11.5 Å². The first-order valence-electron chi connectivity index (χ1n) is 8.16. The number of hydrogen-bond donors (Lipinski definition) is 1. The summed E-state index contributed by atoms with van der Waals surface area (Å²) in [5.41, 5.74) is 8.79. The van der Waals surface area contributed by atoms with Gasteiger partial charge in [-0.15, -0.1) is 0 Å². The highest BCUT2D eigenvalue weighted by Gasteiger charge is 2.29. The molecule has 0 atom stereocenters. The fourth-order valence-corrected chi connectivity index (χ4v) is 3.06. The van der Waals surface area contributed by atoms with Gasteiger partial charge in [0.05, 0.1) is 16.9 Å². The van der Waals surface area contributed by atoms with Gasteiger partial charge < -0.3 is 10.6 Å². The number of nitrogens with two attached hydrogens (primary N) is 1. The van der Waals surface area contributed by atoms with Crippen LogP contribution in [0.3, 0.4) is 0 Å². The summed E-state index contributed by atoms with van der Waals surface area (Å²) in [6.07, 6.45) is 2.92. The average molecular weight is 326 g/mol. The normalized spacial score (nSPS) is 14.0. The van der Waals surface area contributed by atoms with E-state index >= 15 is 0 Å². The summed E-state index contributed by atoms with van der Waals surface area (Å²) in [6, 6.07) is 8.06. The lowest BCUT2D eigenvalue weighted by Crippen LogP contribution is -2.18. The van der Waals surface area contributed by atoms with Gasteiger partial charge in [0.1, 0.15) is 0 Å². The van der Waals surface area contributed by atoms with Gasteiger partial charge in [-0.1, -0.05) is 12.1 Å². The maximum atomic E-state index is 12.2. The van der Waals surface area contributed by atoms with Crippen molar-refractivity contribution < 1.29 is 9.59 Å². The van der Waals surface area contributed by atoms with Crippen LogP contribution >= 0.6 is 0 Å².